The smallest absolute Gasteiger partial charge is 0.309 e. The minimum Gasteiger partial charge on any atom is -0.462 e. The highest BCUT2D eigenvalue weighted by molar-refractivity contribution is 5.72. The molecule has 1 rings (SSSR count). The van der Waals surface area contributed by atoms with Crippen molar-refractivity contribution in [2.75, 3.05) is 0 Å². The predicted octanol–water partition coefficient (Wildman–Crippen LogP) is 2.24. The van der Waals surface area contributed by atoms with Gasteiger partial charge in [-0.05, 0) is 39.0 Å². The molecule has 0 heterocycles. The van der Waals surface area contributed by atoms with E-state index in [1.807, 2.05) is 6.92 Å². The van der Waals surface area contributed by atoms with Gasteiger partial charge in [-0.3, -0.25) is 4.79 Å². The van der Waals surface area contributed by atoms with Crippen molar-refractivity contribution in [2.45, 2.75) is 64.5 Å². The third-order valence-corrected chi connectivity index (χ3v) is 3.12. The van der Waals surface area contributed by atoms with Gasteiger partial charge in [-0.25, -0.2) is 0 Å². The second-order valence-corrected chi connectivity index (χ2v) is 4.65. The Labute approximate surface area is 92.4 Å². The third kappa shape index (κ3) is 4.20. The molecule has 0 saturated heterocycles. The van der Waals surface area contributed by atoms with E-state index in [0.717, 1.165) is 38.5 Å². The first-order valence-electron chi connectivity index (χ1n) is 6.09. The molecule has 1 unspecified atom stereocenters. The number of ether oxygens (including phenoxy) is 1. The van der Waals surface area contributed by atoms with Gasteiger partial charge < -0.3 is 10.5 Å². The number of hydrogen-bond acceptors (Lipinski definition) is 3. The van der Waals surface area contributed by atoms with Crippen molar-refractivity contribution in [2.24, 2.45) is 11.7 Å². The zero-order chi connectivity index (χ0) is 11.3. The van der Waals surface area contributed by atoms with Crippen LogP contribution in [0.3, 0.4) is 0 Å². The summed E-state index contributed by atoms with van der Waals surface area (Å²) in [7, 11) is 0. The van der Waals surface area contributed by atoms with Crippen LogP contribution in [0.25, 0.3) is 0 Å². The first-order chi connectivity index (χ1) is 7.13. The standard InChI is InChI=1S/C12H23NO2/c1-3-4-9(2)15-12(14)10-5-7-11(13)8-6-10/h9-11H,3-8,13H2,1-2H3. The lowest BCUT2D eigenvalue weighted by Crippen LogP contribution is -2.31. The average molecular weight is 213 g/mol. The van der Waals surface area contributed by atoms with Gasteiger partial charge in [-0.15, -0.1) is 0 Å². The molecule has 0 aliphatic heterocycles. The molecule has 1 fully saturated rings. The molecule has 2 N–H and O–H groups in total. The quantitative estimate of drug-likeness (QED) is 0.729. The Morgan fingerprint density at radius 3 is 2.53 bits per heavy atom. The van der Waals surface area contributed by atoms with Gasteiger partial charge >= 0.3 is 5.97 Å². The zero-order valence-electron chi connectivity index (χ0n) is 9.87. The summed E-state index contributed by atoms with van der Waals surface area (Å²) in [5.41, 5.74) is 5.79. The molecule has 3 heteroatoms. The maximum absolute atomic E-state index is 11.7. The monoisotopic (exact) mass is 213 g/mol. The number of hydrogen-bond donors (Lipinski definition) is 1. The zero-order valence-corrected chi connectivity index (χ0v) is 9.87. The summed E-state index contributed by atoms with van der Waals surface area (Å²) in [5, 5.41) is 0. The summed E-state index contributed by atoms with van der Waals surface area (Å²) >= 11 is 0. The summed E-state index contributed by atoms with van der Waals surface area (Å²) in [5.74, 6) is 0.0898. The summed E-state index contributed by atoms with van der Waals surface area (Å²) in [6, 6.07) is 0.294. The molecule has 1 aliphatic carbocycles. The van der Waals surface area contributed by atoms with Crippen molar-refractivity contribution in [3.63, 3.8) is 0 Å². The lowest BCUT2D eigenvalue weighted by Gasteiger charge is -2.25. The summed E-state index contributed by atoms with van der Waals surface area (Å²) < 4.78 is 5.39. The van der Waals surface area contributed by atoms with Crippen LogP contribution < -0.4 is 5.73 Å². The van der Waals surface area contributed by atoms with E-state index in [2.05, 4.69) is 6.92 Å². The van der Waals surface area contributed by atoms with Crippen molar-refractivity contribution in [1.29, 1.82) is 0 Å². The Hall–Kier alpha value is -0.570. The lowest BCUT2D eigenvalue weighted by molar-refractivity contribution is -0.154. The van der Waals surface area contributed by atoms with E-state index in [0.29, 0.717) is 6.04 Å². The van der Waals surface area contributed by atoms with Gasteiger partial charge in [0.1, 0.15) is 0 Å². The van der Waals surface area contributed by atoms with Crippen molar-refractivity contribution >= 4 is 5.97 Å². The first-order valence-corrected chi connectivity index (χ1v) is 6.09. The molecule has 0 radical (unpaired) electrons. The van der Waals surface area contributed by atoms with Crippen molar-refractivity contribution in [3.8, 4) is 0 Å². The van der Waals surface area contributed by atoms with E-state index < -0.39 is 0 Å². The van der Waals surface area contributed by atoms with Gasteiger partial charge in [0.15, 0.2) is 0 Å². The Bertz CT molecular complexity index is 198. The van der Waals surface area contributed by atoms with E-state index in [1.54, 1.807) is 0 Å². The van der Waals surface area contributed by atoms with Crippen LogP contribution in [0.2, 0.25) is 0 Å². The second kappa shape index (κ2) is 6.11. The van der Waals surface area contributed by atoms with Gasteiger partial charge in [0, 0.05) is 6.04 Å². The highest BCUT2D eigenvalue weighted by Gasteiger charge is 2.26. The van der Waals surface area contributed by atoms with E-state index >= 15 is 0 Å². The molecule has 1 aliphatic rings. The molecule has 15 heavy (non-hydrogen) atoms. The van der Waals surface area contributed by atoms with Crippen LogP contribution in [0.5, 0.6) is 0 Å². The largest absolute Gasteiger partial charge is 0.462 e. The number of carbonyl (C=O) groups excluding carboxylic acids is 1. The molecule has 1 saturated carbocycles. The molecule has 1 atom stereocenters. The SMILES string of the molecule is CCCC(C)OC(=O)C1CCC(N)CC1. The van der Waals surface area contributed by atoms with Gasteiger partial charge in [0.05, 0.1) is 12.0 Å². The molecule has 0 aromatic rings. The summed E-state index contributed by atoms with van der Waals surface area (Å²) in [6.45, 7) is 4.07. The van der Waals surface area contributed by atoms with E-state index in [-0.39, 0.29) is 18.0 Å². The van der Waals surface area contributed by atoms with Crippen LogP contribution >= 0.6 is 0 Å². The van der Waals surface area contributed by atoms with E-state index in [1.165, 1.54) is 0 Å². The van der Waals surface area contributed by atoms with Gasteiger partial charge in [0.2, 0.25) is 0 Å². The third-order valence-electron chi connectivity index (χ3n) is 3.12. The lowest BCUT2D eigenvalue weighted by atomic mass is 9.86. The van der Waals surface area contributed by atoms with Crippen LogP contribution in [-0.2, 0) is 9.53 Å². The normalized spacial score (nSPS) is 28.5. The summed E-state index contributed by atoms with van der Waals surface area (Å²) in [4.78, 5) is 11.7. The van der Waals surface area contributed by atoms with Crippen LogP contribution in [0.4, 0.5) is 0 Å². The Kier molecular flexibility index (Phi) is 5.09. The minimum absolute atomic E-state index is 0.0112. The molecule has 3 nitrogen and oxygen atoms in total. The minimum atomic E-state index is -0.0112. The number of nitrogens with two attached hydrogens (primary N) is 1. The van der Waals surface area contributed by atoms with E-state index in [4.69, 9.17) is 10.5 Å². The molecule has 0 amide bonds. The van der Waals surface area contributed by atoms with Crippen LogP contribution in [0, 0.1) is 5.92 Å². The van der Waals surface area contributed by atoms with Gasteiger partial charge in [-0.2, -0.15) is 0 Å². The number of rotatable bonds is 4. The van der Waals surface area contributed by atoms with Crippen LogP contribution in [0.15, 0.2) is 0 Å². The molecular formula is C12H23NO2. The Balaban J connectivity index is 2.27. The second-order valence-electron chi connectivity index (χ2n) is 4.65. The van der Waals surface area contributed by atoms with Crippen molar-refractivity contribution in [3.05, 3.63) is 0 Å². The molecule has 0 bridgehead atoms. The average Bonchev–Trinajstić information content (AvgIpc) is 2.18. The Morgan fingerprint density at radius 1 is 1.40 bits per heavy atom. The van der Waals surface area contributed by atoms with Crippen LogP contribution in [-0.4, -0.2) is 18.1 Å². The highest BCUT2D eigenvalue weighted by atomic mass is 16.5. The highest BCUT2D eigenvalue weighted by Crippen LogP contribution is 2.24. The summed E-state index contributed by atoms with van der Waals surface area (Å²) in [6.07, 6.45) is 5.81. The predicted molar refractivity (Wildman–Crippen MR) is 60.4 cm³/mol. The Morgan fingerprint density at radius 2 is 2.00 bits per heavy atom. The molecule has 0 aromatic carbocycles. The maximum Gasteiger partial charge on any atom is 0.309 e. The fourth-order valence-corrected chi connectivity index (χ4v) is 2.11. The van der Waals surface area contributed by atoms with Gasteiger partial charge in [0.25, 0.3) is 0 Å². The fraction of sp³-hybridized carbons (Fsp3) is 0.917. The van der Waals surface area contributed by atoms with E-state index in [9.17, 15) is 4.79 Å². The molecule has 0 spiro atoms. The topological polar surface area (TPSA) is 52.3 Å². The number of carbonyl (C=O) groups is 1. The molecular weight excluding hydrogens is 190 g/mol. The molecule has 0 aromatic heterocycles. The van der Waals surface area contributed by atoms with Crippen molar-refractivity contribution in [1.82, 2.24) is 0 Å². The van der Waals surface area contributed by atoms with Gasteiger partial charge in [-0.1, -0.05) is 13.3 Å². The number of esters is 1. The first kappa shape index (κ1) is 12.5. The molecule has 88 valence electrons. The maximum atomic E-state index is 11.7. The fourth-order valence-electron chi connectivity index (χ4n) is 2.11. The van der Waals surface area contributed by atoms with Crippen LogP contribution in [0.1, 0.15) is 52.4 Å². The van der Waals surface area contributed by atoms with Crippen molar-refractivity contribution < 1.29 is 9.53 Å².